The first kappa shape index (κ1) is 18.1. The smallest absolute Gasteiger partial charge is 0.268 e. The lowest BCUT2D eigenvalue weighted by atomic mass is 10.1. The van der Waals surface area contributed by atoms with Gasteiger partial charge in [-0.3, -0.25) is 10.1 Å². The van der Waals surface area contributed by atoms with E-state index in [1.54, 1.807) is 24.3 Å². The van der Waals surface area contributed by atoms with E-state index in [1.165, 1.54) is 17.4 Å². The molecule has 1 N–H and O–H groups in total. The topological polar surface area (TPSA) is 78.7 Å². The van der Waals surface area contributed by atoms with E-state index in [9.17, 15) is 10.1 Å². The van der Waals surface area contributed by atoms with Crippen molar-refractivity contribution >= 4 is 40.1 Å². The van der Waals surface area contributed by atoms with Crippen LogP contribution >= 0.6 is 22.9 Å². The van der Waals surface area contributed by atoms with E-state index >= 15 is 0 Å². The Balaban J connectivity index is 2.12. The summed E-state index contributed by atoms with van der Waals surface area (Å²) in [6, 6.07) is 8.79. The Morgan fingerprint density at radius 2 is 2.00 bits per heavy atom. The Bertz CT molecular complexity index is 773. The molecular weight excluding hydrogens is 344 g/mol. The van der Waals surface area contributed by atoms with Gasteiger partial charge >= 0.3 is 0 Å². The van der Waals surface area contributed by atoms with E-state index < -0.39 is 5.91 Å². The lowest BCUT2D eigenvalue weighted by Gasteiger charge is -2.05. The molecule has 0 atom stereocenters. The van der Waals surface area contributed by atoms with Gasteiger partial charge < -0.3 is 0 Å². The number of hydrogen-bond donors (Lipinski definition) is 1. The van der Waals surface area contributed by atoms with E-state index in [4.69, 9.17) is 11.6 Å². The highest BCUT2D eigenvalue weighted by atomic mass is 35.5. The molecule has 0 aliphatic heterocycles. The third kappa shape index (κ3) is 4.63. The lowest BCUT2D eigenvalue weighted by Crippen LogP contribution is -2.13. The molecule has 1 amide bonds. The van der Waals surface area contributed by atoms with Gasteiger partial charge in [0.2, 0.25) is 5.13 Å². The Morgan fingerprint density at radius 3 is 2.58 bits per heavy atom. The second-order valence-corrected chi connectivity index (χ2v) is 6.58. The molecule has 0 unspecified atom stereocenters. The number of amides is 1. The van der Waals surface area contributed by atoms with Gasteiger partial charge in [-0.2, -0.15) is 5.26 Å². The average molecular weight is 361 g/mol. The first-order valence-corrected chi connectivity index (χ1v) is 8.78. The van der Waals surface area contributed by atoms with Gasteiger partial charge in [-0.05, 0) is 36.6 Å². The zero-order valence-electron chi connectivity index (χ0n) is 13.4. The number of carbonyl (C=O) groups is 1. The van der Waals surface area contributed by atoms with Gasteiger partial charge in [-0.25, -0.2) is 0 Å². The third-order valence-electron chi connectivity index (χ3n) is 3.54. The minimum absolute atomic E-state index is 0.00314. The fourth-order valence-electron chi connectivity index (χ4n) is 2.13. The van der Waals surface area contributed by atoms with Crippen LogP contribution in [0.1, 0.15) is 43.2 Å². The maximum atomic E-state index is 12.2. The highest BCUT2D eigenvalue weighted by molar-refractivity contribution is 7.15. The zero-order chi connectivity index (χ0) is 17.5. The lowest BCUT2D eigenvalue weighted by molar-refractivity contribution is -0.112. The minimum Gasteiger partial charge on any atom is -0.296 e. The molecule has 1 aromatic heterocycles. The molecule has 1 aromatic carbocycles. The van der Waals surface area contributed by atoms with Crippen LogP contribution in [-0.4, -0.2) is 16.1 Å². The summed E-state index contributed by atoms with van der Waals surface area (Å²) < 4.78 is 0. The van der Waals surface area contributed by atoms with Crippen molar-refractivity contribution in [1.82, 2.24) is 10.2 Å². The molecule has 7 heteroatoms. The zero-order valence-corrected chi connectivity index (χ0v) is 15.0. The van der Waals surface area contributed by atoms with Crippen LogP contribution in [-0.2, 0) is 4.79 Å². The summed E-state index contributed by atoms with van der Waals surface area (Å²) in [4.78, 5) is 12.2. The molecule has 0 aliphatic rings. The molecule has 0 bridgehead atoms. The Morgan fingerprint density at radius 1 is 1.33 bits per heavy atom. The van der Waals surface area contributed by atoms with E-state index in [0.717, 1.165) is 23.4 Å². The monoisotopic (exact) mass is 360 g/mol. The van der Waals surface area contributed by atoms with Crippen LogP contribution in [0.15, 0.2) is 29.8 Å². The molecule has 124 valence electrons. The third-order valence-corrected chi connectivity index (χ3v) is 4.80. The number of halogens is 1. The van der Waals surface area contributed by atoms with Crippen LogP contribution in [0.4, 0.5) is 5.13 Å². The summed E-state index contributed by atoms with van der Waals surface area (Å²) in [5.41, 5.74) is 0.720. The van der Waals surface area contributed by atoms with Crippen molar-refractivity contribution in [3.05, 3.63) is 45.4 Å². The van der Waals surface area contributed by atoms with E-state index in [2.05, 4.69) is 29.4 Å². The predicted octanol–water partition coefficient (Wildman–Crippen LogP) is 4.64. The van der Waals surface area contributed by atoms with Crippen molar-refractivity contribution in [1.29, 1.82) is 5.26 Å². The fourth-order valence-corrected chi connectivity index (χ4v) is 3.26. The minimum atomic E-state index is -0.500. The van der Waals surface area contributed by atoms with Gasteiger partial charge in [-0.15, -0.1) is 10.2 Å². The second kappa shape index (κ2) is 8.57. The number of carbonyl (C=O) groups excluding carboxylic acids is 1. The number of rotatable bonds is 6. The van der Waals surface area contributed by atoms with Crippen LogP contribution in [0.5, 0.6) is 0 Å². The molecule has 1 heterocycles. The number of benzene rings is 1. The summed E-state index contributed by atoms with van der Waals surface area (Å²) in [7, 11) is 0. The van der Waals surface area contributed by atoms with Gasteiger partial charge in [0.15, 0.2) is 0 Å². The molecule has 0 saturated heterocycles. The number of aromatic nitrogens is 2. The molecule has 2 aromatic rings. The van der Waals surface area contributed by atoms with Crippen LogP contribution in [0.2, 0.25) is 5.02 Å². The Kier molecular flexibility index (Phi) is 6.47. The van der Waals surface area contributed by atoms with E-state index in [0.29, 0.717) is 16.1 Å². The second-order valence-electron chi connectivity index (χ2n) is 5.13. The molecule has 0 fully saturated rings. The summed E-state index contributed by atoms with van der Waals surface area (Å²) in [6.07, 6.45) is 3.45. The van der Waals surface area contributed by atoms with Crippen molar-refractivity contribution in [2.75, 3.05) is 5.32 Å². The first-order valence-electron chi connectivity index (χ1n) is 7.59. The van der Waals surface area contributed by atoms with Crippen LogP contribution in [0.25, 0.3) is 6.08 Å². The fraction of sp³-hybridized carbons (Fsp3) is 0.294. The van der Waals surface area contributed by atoms with Crippen molar-refractivity contribution in [3.63, 3.8) is 0 Å². The SMILES string of the molecule is CCC(CC)c1nnc(NC(=O)/C(C#N)=C/c2ccc(Cl)cc2)s1. The van der Waals surface area contributed by atoms with Crippen molar-refractivity contribution < 1.29 is 4.79 Å². The number of anilines is 1. The quantitative estimate of drug-likeness (QED) is 0.601. The molecule has 24 heavy (non-hydrogen) atoms. The van der Waals surface area contributed by atoms with E-state index in [-0.39, 0.29) is 5.57 Å². The number of nitrogens with one attached hydrogen (secondary N) is 1. The normalized spacial score (nSPS) is 11.4. The van der Waals surface area contributed by atoms with Crippen molar-refractivity contribution in [2.45, 2.75) is 32.6 Å². The standard InChI is InChI=1S/C17H17ClN4OS/c1-3-12(4-2)16-21-22-17(24-16)20-15(23)13(10-19)9-11-5-7-14(18)8-6-11/h5-9,12H,3-4H2,1-2H3,(H,20,22,23)/b13-9+. The van der Waals surface area contributed by atoms with Gasteiger partial charge in [0, 0.05) is 10.9 Å². The molecular formula is C17H17ClN4OS. The van der Waals surface area contributed by atoms with Gasteiger partial charge in [-0.1, -0.05) is 48.9 Å². The van der Waals surface area contributed by atoms with Gasteiger partial charge in [0.25, 0.3) is 5.91 Å². The molecule has 0 aliphatic carbocycles. The first-order chi connectivity index (χ1) is 11.6. The van der Waals surface area contributed by atoms with Crippen molar-refractivity contribution in [3.8, 4) is 6.07 Å². The maximum absolute atomic E-state index is 12.2. The number of nitrogens with zero attached hydrogens (tertiary/aromatic N) is 3. The largest absolute Gasteiger partial charge is 0.296 e. The Labute approximate surface area is 150 Å². The summed E-state index contributed by atoms with van der Waals surface area (Å²) >= 11 is 7.17. The van der Waals surface area contributed by atoms with E-state index in [1.807, 2.05) is 6.07 Å². The predicted molar refractivity (Wildman–Crippen MR) is 96.9 cm³/mol. The number of nitriles is 1. The van der Waals surface area contributed by atoms with Crippen molar-refractivity contribution in [2.24, 2.45) is 0 Å². The van der Waals surface area contributed by atoms with Crippen LogP contribution in [0.3, 0.4) is 0 Å². The molecule has 0 saturated carbocycles. The van der Waals surface area contributed by atoms with Crippen LogP contribution < -0.4 is 5.32 Å². The molecule has 5 nitrogen and oxygen atoms in total. The molecule has 2 rings (SSSR count). The van der Waals surface area contributed by atoms with Gasteiger partial charge in [0.05, 0.1) is 0 Å². The summed E-state index contributed by atoms with van der Waals surface area (Å²) in [5, 5.41) is 21.9. The summed E-state index contributed by atoms with van der Waals surface area (Å²) in [5.74, 6) is -0.159. The van der Waals surface area contributed by atoms with Crippen LogP contribution in [0, 0.1) is 11.3 Å². The highest BCUT2D eigenvalue weighted by Crippen LogP contribution is 2.28. The summed E-state index contributed by atoms with van der Waals surface area (Å²) in [6.45, 7) is 4.19. The molecule has 0 spiro atoms. The van der Waals surface area contributed by atoms with Gasteiger partial charge in [0.1, 0.15) is 16.6 Å². The average Bonchev–Trinajstić information content (AvgIpc) is 3.03. The molecule has 0 radical (unpaired) electrons. The highest BCUT2D eigenvalue weighted by Gasteiger charge is 2.16. The number of hydrogen-bond acceptors (Lipinski definition) is 5. The maximum Gasteiger partial charge on any atom is 0.268 e. The Hall–Kier alpha value is -2.23.